The maximum Gasteiger partial charge on any atom is 0.320 e. The fraction of sp³-hybridized carbons (Fsp3) is 0.579. The number of halogens is 1. The van der Waals surface area contributed by atoms with E-state index < -0.39 is 12.0 Å². The summed E-state index contributed by atoms with van der Waals surface area (Å²) < 4.78 is 13.0. The predicted molar refractivity (Wildman–Crippen MR) is 91.5 cm³/mol. The fourth-order valence-corrected chi connectivity index (χ4v) is 4.31. The molecule has 0 unspecified atom stereocenters. The predicted octanol–water partition coefficient (Wildman–Crippen LogP) is 2.72. The Labute approximate surface area is 147 Å². The molecule has 0 bridgehead atoms. The Hall–Kier alpha value is -1.95. The normalized spacial score (nSPS) is 27.5. The van der Waals surface area contributed by atoms with Crippen molar-refractivity contribution >= 4 is 11.9 Å². The van der Waals surface area contributed by atoms with E-state index in [2.05, 4.69) is 5.32 Å². The number of carboxylic acids is 1. The number of benzene rings is 1. The SMILES string of the molecule is C[C@H](NC(=O)CN1[C@@H]2CCCC[C@@H]2C[C@H]1C(=O)O)c1ccc(F)cc1. The van der Waals surface area contributed by atoms with Gasteiger partial charge in [-0.1, -0.05) is 25.0 Å². The van der Waals surface area contributed by atoms with Crippen LogP contribution in [0.5, 0.6) is 0 Å². The van der Waals surface area contributed by atoms with Gasteiger partial charge in [0.05, 0.1) is 12.6 Å². The number of aliphatic carboxylic acids is 1. The third kappa shape index (κ3) is 4.00. The lowest BCUT2D eigenvalue weighted by atomic mass is 9.85. The summed E-state index contributed by atoms with van der Waals surface area (Å²) in [4.78, 5) is 26.0. The van der Waals surface area contributed by atoms with Crippen LogP contribution in [-0.4, -0.2) is 40.5 Å². The highest BCUT2D eigenvalue weighted by Gasteiger charge is 2.45. The van der Waals surface area contributed by atoms with Gasteiger partial charge in [-0.3, -0.25) is 14.5 Å². The second-order valence-corrected chi connectivity index (χ2v) is 7.21. The van der Waals surface area contributed by atoms with Crippen molar-refractivity contribution in [3.8, 4) is 0 Å². The first kappa shape index (κ1) is 17.9. The van der Waals surface area contributed by atoms with Crippen LogP contribution in [0.3, 0.4) is 0 Å². The molecule has 136 valence electrons. The van der Waals surface area contributed by atoms with E-state index in [-0.39, 0.29) is 30.4 Å². The minimum Gasteiger partial charge on any atom is -0.480 e. The number of carbonyl (C=O) groups excluding carboxylic acids is 1. The lowest BCUT2D eigenvalue weighted by molar-refractivity contribution is -0.143. The van der Waals surface area contributed by atoms with Crippen LogP contribution in [0.1, 0.15) is 50.6 Å². The zero-order valence-corrected chi connectivity index (χ0v) is 14.5. The van der Waals surface area contributed by atoms with Gasteiger partial charge in [0, 0.05) is 6.04 Å². The number of nitrogens with zero attached hydrogens (tertiary/aromatic N) is 1. The molecule has 1 heterocycles. The van der Waals surface area contributed by atoms with Gasteiger partial charge in [0.1, 0.15) is 11.9 Å². The van der Waals surface area contributed by atoms with Gasteiger partial charge in [0.25, 0.3) is 0 Å². The van der Waals surface area contributed by atoms with E-state index in [1.165, 1.54) is 12.1 Å². The summed E-state index contributed by atoms with van der Waals surface area (Å²) in [6.45, 7) is 1.94. The highest BCUT2D eigenvalue weighted by Crippen LogP contribution is 2.39. The molecule has 2 fully saturated rings. The lowest BCUT2D eigenvalue weighted by Gasteiger charge is -2.32. The number of hydrogen-bond acceptors (Lipinski definition) is 3. The molecule has 1 saturated carbocycles. The van der Waals surface area contributed by atoms with E-state index in [1.807, 2.05) is 11.8 Å². The molecule has 0 aromatic heterocycles. The van der Waals surface area contributed by atoms with E-state index >= 15 is 0 Å². The molecule has 1 aliphatic heterocycles. The van der Waals surface area contributed by atoms with Crippen molar-refractivity contribution in [2.24, 2.45) is 5.92 Å². The molecule has 1 aromatic carbocycles. The van der Waals surface area contributed by atoms with Crippen LogP contribution in [0, 0.1) is 11.7 Å². The molecule has 4 atom stereocenters. The quantitative estimate of drug-likeness (QED) is 0.858. The highest BCUT2D eigenvalue weighted by molar-refractivity contribution is 5.80. The first-order chi connectivity index (χ1) is 12.0. The maximum atomic E-state index is 13.0. The van der Waals surface area contributed by atoms with Gasteiger partial charge in [-0.25, -0.2) is 4.39 Å². The first-order valence-electron chi connectivity index (χ1n) is 8.99. The summed E-state index contributed by atoms with van der Waals surface area (Å²) in [7, 11) is 0. The summed E-state index contributed by atoms with van der Waals surface area (Å²) >= 11 is 0. The minimum atomic E-state index is -0.839. The Morgan fingerprint density at radius 1 is 1.28 bits per heavy atom. The number of carbonyl (C=O) groups is 2. The average molecular weight is 348 g/mol. The Morgan fingerprint density at radius 2 is 1.96 bits per heavy atom. The van der Waals surface area contributed by atoms with Crippen LogP contribution < -0.4 is 5.32 Å². The molecule has 2 N–H and O–H groups in total. The number of amides is 1. The Morgan fingerprint density at radius 3 is 2.64 bits per heavy atom. The lowest BCUT2D eigenvalue weighted by Crippen LogP contribution is -2.47. The van der Waals surface area contributed by atoms with E-state index in [4.69, 9.17) is 0 Å². The second kappa shape index (κ2) is 7.52. The maximum absolute atomic E-state index is 13.0. The van der Waals surface area contributed by atoms with Crippen LogP contribution in [0.4, 0.5) is 4.39 Å². The number of likely N-dealkylation sites (tertiary alicyclic amines) is 1. The van der Waals surface area contributed by atoms with Crippen molar-refractivity contribution in [3.63, 3.8) is 0 Å². The summed E-state index contributed by atoms with van der Waals surface area (Å²) in [5.74, 6) is -0.952. The van der Waals surface area contributed by atoms with Crippen molar-refractivity contribution in [1.82, 2.24) is 10.2 Å². The van der Waals surface area contributed by atoms with E-state index in [1.54, 1.807) is 12.1 Å². The number of hydrogen-bond donors (Lipinski definition) is 2. The molecule has 2 aliphatic rings. The van der Waals surface area contributed by atoms with Gasteiger partial charge in [-0.2, -0.15) is 0 Å². The molecule has 25 heavy (non-hydrogen) atoms. The standard InChI is InChI=1S/C19H25FN2O3/c1-12(13-6-8-15(20)9-7-13)21-18(23)11-22-16-5-3-2-4-14(16)10-17(22)19(24)25/h6-9,12,14,16-17H,2-5,10-11H2,1H3,(H,21,23)(H,24,25)/t12-,14+,16+,17-/m0/s1. The number of fused-ring (bicyclic) bond motifs is 1. The molecule has 0 radical (unpaired) electrons. The van der Waals surface area contributed by atoms with Gasteiger partial charge >= 0.3 is 5.97 Å². The Balaban J connectivity index is 1.64. The largest absolute Gasteiger partial charge is 0.480 e. The van der Waals surface area contributed by atoms with E-state index in [0.717, 1.165) is 31.2 Å². The summed E-state index contributed by atoms with van der Waals surface area (Å²) in [6, 6.07) is 5.40. The molecule has 6 heteroatoms. The van der Waals surface area contributed by atoms with E-state index in [9.17, 15) is 19.1 Å². The third-order valence-corrected chi connectivity index (χ3v) is 5.58. The minimum absolute atomic E-state index is 0.101. The highest BCUT2D eigenvalue weighted by atomic mass is 19.1. The monoisotopic (exact) mass is 348 g/mol. The van der Waals surface area contributed by atoms with Crippen LogP contribution in [0.25, 0.3) is 0 Å². The number of carboxylic acid groups (broad SMARTS) is 1. The molecule has 1 amide bonds. The number of rotatable bonds is 5. The zero-order chi connectivity index (χ0) is 18.0. The fourth-order valence-electron chi connectivity index (χ4n) is 4.31. The topological polar surface area (TPSA) is 69.6 Å². The molecule has 1 aromatic rings. The smallest absolute Gasteiger partial charge is 0.320 e. The van der Waals surface area contributed by atoms with Gasteiger partial charge in [-0.15, -0.1) is 0 Å². The first-order valence-corrected chi connectivity index (χ1v) is 8.99. The van der Waals surface area contributed by atoms with Gasteiger partial charge in [-0.05, 0) is 49.8 Å². The Bertz CT molecular complexity index is 634. The van der Waals surface area contributed by atoms with Crippen molar-refractivity contribution in [2.45, 2.75) is 57.2 Å². The Kier molecular flexibility index (Phi) is 5.37. The molecule has 1 aliphatic carbocycles. The molecule has 3 rings (SSSR count). The van der Waals surface area contributed by atoms with Crippen molar-refractivity contribution in [1.29, 1.82) is 0 Å². The molecule has 0 spiro atoms. The third-order valence-electron chi connectivity index (χ3n) is 5.58. The average Bonchev–Trinajstić information content (AvgIpc) is 2.94. The van der Waals surface area contributed by atoms with Gasteiger partial charge in [0.2, 0.25) is 5.91 Å². The molecular weight excluding hydrogens is 323 g/mol. The van der Waals surface area contributed by atoms with Crippen LogP contribution in [-0.2, 0) is 9.59 Å². The molecular formula is C19H25FN2O3. The summed E-state index contributed by atoms with van der Waals surface area (Å²) in [5.41, 5.74) is 0.821. The van der Waals surface area contributed by atoms with Crippen LogP contribution in [0.2, 0.25) is 0 Å². The number of nitrogens with one attached hydrogen (secondary N) is 1. The van der Waals surface area contributed by atoms with Crippen LogP contribution >= 0.6 is 0 Å². The molecule has 5 nitrogen and oxygen atoms in total. The second-order valence-electron chi connectivity index (χ2n) is 7.21. The van der Waals surface area contributed by atoms with Crippen molar-refractivity contribution in [2.75, 3.05) is 6.54 Å². The summed E-state index contributed by atoms with van der Waals surface area (Å²) in [5, 5.41) is 12.4. The van der Waals surface area contributed by atoms with Crippen molar-refractivity contribution in [3.05, 3.63) is 35.6 Å². The zero-order valence-electron chi connectivity index (χ0n) is 14.5. The van der Waals surface area contributed by atoms with Crippen molar-refractivity contribution < 1.29 is 19.1 Å². The van der Waals surface area contributed by atoms with Crippen LogP contribution in [0.15, 0.2) is 24.3 Å². The summed E-state index contributed by atoms with van der Waals surface area (Å²) in [6.07, 6.45) is 4.90. The van der Waals surface area contributed by atoms with E-state index in [0.29, 0.717) is 12.3 Å². The van der Waals surface area contributed by atoms with Gasteiger partial charge in [0.15, 0.2) is 0 Å². The van der Waals surface area contributed by atoms with Gasteiger partial charge < -0.3 is 10.4 Å². The molecule has 1 saturated heterocycles.